The third kappa shape index (κ3) is 6.90. The number of aromatic hydroxyl groups is 1. The van der Waals surface area contributed by atoms with Gasteiger partial charge in [0.15, 0.2) is 0 Å². The summed E-state index contributed by atoms with van der Waals surface area (Å²) in [5, 5.41) is 16.1. The van der Waals surface area contributed by atoms with Crippen molar-refractivity contribution in [1.82, 2.24) is 30.1 Å². The summed E-state index contributed by atoms with van der Waals surface area (Å²) in [6.45, 7) is 4.67. The smallest absolute Gasteiger partial charge is 0.334 e. The maximum absolute atomic E-state index is 14.3. The Hall–Kier alpha value is -5.42. The van der Waals surface area contributed by atoms with Crippen LogP contribution in [0, 0.1) is 0 Å². The van der Waals surface area contributed by atoms with Gasteiger partial charge in [0.1, 0.15) is 18.0 Å². The molecule has 0 spiro atoms. The van der Waals surface area contributed by atoms with Crippen molar-refractivity contribution in [2.24, 2.45) is 0 Å². The lowest BCUT2D eigenvalue weighted by molar-refractivity contribution is -0.188. The van der Waals surface area contributed by atoms with Crippen LogP contribution in [0.1, 0.15) is 29.0 Å². The van der Waals surface area contributed by atoms with Crippen molar-refractivity contribution in [3.8, 4) is 5.75 Å². The van der Waals surface area contributed by atoms with Gasteiger partial charge in [0.05, 0.1) is 13.1 Å². The van der Waals surface area contributed by atoms with E-state index < -0.39 is 12.2 Å². The zero-order chi connectivity index (χ0) is 32.9. The average Bonchev–Trinajstić information content (AvgIpc) is 3.07. The van der Waals surface area contributed by atoms with Crippen LogP contribution in [0.25, 0.3) is 0 Å². The molecule has 3 N–H and O–H groups in total. The summed E-state index contributed by atoms with van der Waals surface area (Å²) in [5.74, 6) is -0.538. The summed E-state index contributed by atoms with van der Waals surface area (Å²) in [6, 6.07) is 18.5. The zero-order valence-corrected chi connectivity index (χ0v) is 26.0. The Morgan fingerprint density at radius 3 is 2.55 bits per heavy atom. The monoisotopic (exact) mass is 634 g/mol. The Morgan fingerprint density at radius 2 is 1.81 bits per heavy atom. The minimum absolute atomic E-state index is 0.0934. The maximum Gasteiger partial charge on any atom is 0.334 e. The summed E-state index contributed by atoms with van der Waals surface area (Å²) < 4.78 is 0. The zero-order valence-electron chi connectivity index (χ0n) is 26.0. The van der Waals surface area contributed by atoms with Crippen molar-refractivity contribution in [2.45, 2.75) is 37.5 Å². The Kier molecular flexibility index (Phi) is 9.35. The van der Waals surface area contributed by atoms with E-state index >= 15 is 0 Å². The minimum Gasteiger partial charge on any atom is -0.508 e. The van der Waals surface area contributed by atoms with Gasteiger partial charge in [0.2, 0.25) is 11.8 Å². The minimum atomic E-state index is -0.881. The molecule has 1 aromatic heterocycles. The molecule has 0 radical (unpaired) electrons. The third-order valence-corrected chi connectivity index (χ3v) is 8.83. The number of hydrogen-bond acceptors (Lipinski definition) is 6. The van der Waals surface area contributed by atoms with Gasteiger partial charge in [0.25, 0.3) is 5.56 Å². The summed E-state index contributed by atoms with van der Waals surface area (Å²) in [4.78, 5) is 60.6. The number of aromatic amines is 1. The Morgan fingerprint density at radius 1 is 1.02 bits per heavy atom. The number of benzene rings is 2. The molecule has 4 amide bonds. The molecule has 3 aliphatic rings. The second kappa shape index (κ2) is 13.9. The number of hydrogen-bond donors (Lipinski definition) is 3. The molecule has 0 bridgehead atoms. The fourth-order valence-electron chi connectivity index (χ4n) is 6.60. The predicted octanol–water partition coefficient (Wildman–Crippen LogP) is 3.29. The quantitative estimate of drug-likeness (QED) is 0.310. The van der Waals surface area contributed by atoms with Gasteiger partial charge in [-0.1, -0.05) is 72.8 Å². The molecule has 3 heterocycles. The normalized spacial score (nSPS) is 21.3. The fourth-order valence-corrected chi connectivity index (χ4v) is 6.60. The second-order valence-electron chi connectivity index (χ2n) is 12.0. The number of nitrogens with one attached hydrogen (secondary N) is 2. The Balaban J connectivity index is 1.31. The van der Waals surface area contributed by atoms with Crippen molar-refractivity contribution in [3.05, 3.63) is 136 Å². The second-order valence-corrected chi connectivity index (χ2v) is 12.0. The van der Waals surface area contributed by atoms with Crippen LogP contribution in [0.5, 0.6) is 5.75 Å². The number of H-pyrrole nitrogens is 1. The Labute approximate surface area is 273 Å². The number of carbonyl (C=O) groups excluding carboxylic acids is 3. The number of piperazine rings is 1. The number of phenolic OH excluding ortho intramolecular Hbond substituents is 1. The van der Waals surface area contributed by atoms with Crippen LogP contribution < -0.4 is 10.9 Å². The maximum atomic E-state index is 14.3. The van der Waals surface area contributed by atoms with Gasteiger partial charge in [-0.2, -0.15) is 0 Å². The molecule has 3 aromatic rings. The molecule has 2 aromatic carbocycles. The highest BCUT2D eigenvalue weighted by molar-refractivity contribution is 5.92. The predicted molar refractivity (Wildman–Crippen MR) is 177 cm³/mol. The fraction of sp³-hybridized carbons (Fsp3) is 0.278. The van der Waals surface area contributed by atoms with E-state index in [9.17, 15) is 24.3 Å². The summed E-state index contributed by atoms with van der Waals surface area (Å²) in [5.41, 5.74) is 3.15. The van der Waals surface area contributed by atoms with Gasteiger partial charge in [0, 0.05) is 43.7 Å². The standard InChI is InChI=1S/C36H38N6O5/c1-2-18-40-24-33(44)41-31(20-25-13-15-29(43)16-14-25)35(46)39(22-27-10-6-11-28(19-27)30-12-7-17-37-34(30)45)23-32(41)42(40)36(47)38-21-26-8-4-3-5-9-26/h2-17,28,31-32,43H,1,18-24H2,(H,37,45)(H,38,47)/t28?,31-,32-/m0/s1. The van der Waals surface area contributed by atoms with Gasteiger partial charge < -0.3 is 25.2 Å². The number of allylic oxidation sites excluding steroid dienone is 3. The molecule has 11 heteroatoms. The number of amides is 4. The number of pyridine rings is 1. The van der Waals surface area contributed by atoms with Gasteiger partial charge >= 0.3 is 6.03 Å². The number of fused-ring (bicyclic) bond motifs is 1. The highest BCUT2D eigenvalue weighted by Crippen LogP contribution is 2.32. The Bertz CT molecular complexity index is 1750. The summed E-state index contributed by atoms with van der Waals surface area (Å²) in [7, 11) is 0. The van der Waals surface area contributed by atoms with Crippen LogP contribution in [0.3, 0.4) is 0 Å². The molecule has 1 unspecified atom stereocenters. The molecule has 6 rings (SSSR count). The summed E-state index contributed by atoms with van der Waals surface area (Å²) in [6.07, 6.45) is 9.07. The molecule has 1 aliphatic carbocycles. The van der Waals surface area contributed by atoms with Gasteiger partial charge in [-0.25, -0.2) is 14.8 Å². The first kappa shape index (κ1) is 31.6. The van der Waals surface area contributed by atoms with Gasteiger partial charge in [-0.15, -0.1) is 6.58 Å². The van der Waals surface area contributed by atoms with E-state index in [-0.39, 0.29) is 74.2 Å². The molecular weight excluding hydrogens is 596 g/mol. The molecule has 11 nitrogen and oxygen atoms in total. The molecule has 2 aliphatic heterocycles. The number of phenols is 1. The number of urea groups is 1. The van der Waals surface area contributed by atoms with E-state index in [0.29, 0.717) is 12.0 Å². The van der Waals surface area contributed by atoms with Crippen LogP contribution in [0.2, 0.25) is 0 Å². The van der Waals surface area contributed by atoms with Crippen molar-refractivity contribution in [1.29, 1.82) is 0 Å². The van der Waals surface area contributed by atoms with Crippen molar-refractivity contribution in [2.75, 3.05) is 26.2 Å². The lowest BCUT2D eigenvalue weighted by Crippen LogP contribution is -2.76. The molecule has 3 atom stereocenters. The van der Waals surface area contributed by atoms with Crippen molar-refractivity contribution >= 4 is 17.8 Å². The molecule has 242 valence electrons. The highest BCUT2D eigenvalue weighted by atomic mass is 16.3. The number of rotatable bonds is 9. The van der Waals surface area contributed by atoms with Crippen LogP contribution >= 0.6 is 0 Å². The van der Waals surface area contributed by atoms with E-state index in [0.717, 1.165) is 16.7 Å². The van der Waals surface area contributed by atoms with Crippen LogP contribution in [-0.4, -0.2) is 86.1 Å². The molecule has 2 saturated heterocycles. The van der Waals surface area contributed by atoms with Gasteiger partial charge in [-0.05, 0) is 41.3 Å². The van der Waals surface area contributed by atoms with Crippen LogP contribution in [0.4, 0.5) is 4.79 Å². The average molecular weight is 635 g/mol. The topological polar surface area (TPSA) is 129 Å². The van der Waals surface area contributed by atoms with E-state index in [2.05, 4.69) is 16.9 Å². The molecular formula is C36H38N6O5. The van der Waals surface area contributed by atoms with Crippen LogP contribution in [0.15, 0.2) is 114 Å². The van der Waals surface area contributed by atoms with E-state index in [1.54, 1.807) is 62.4 Å². The van der Waals surface area contributed by atoms with Crippen molar-refractivity contribution < 1.29 is 19.5 Å². The van der Waals surface area contributed by atoms with Crippen LogP contribution in [-0.2, 0) is 22.6 Å². The SMILES string of the molecule is C=CCN1CC(=O)N2[C@@H](Cc3ccc(O)cc3)C(=O)N(CC3=CC=CC(c4ccc[nH]c4=O)C3)C[C@@H]2N1C(=O)NCc1ccccc1. The molecule has 2 fully saturated rings. The lowest BCUT2D eigenvalue weighted by atomic mass is 9.88. The number of aromatic nitrogens is 1. The van der Waals surface area contributed by atoms with E-state index in [4.69, 9.17) is 0 Å². The summed E-state index contributed by atoms with van der Waals surface area (Å²) >= 11 is 0. The molecule has 0 saturated carbocycles. The highest BCUT2D eigenvalue weighted by Gasteiger charge is 2.51. The number of nitrogens with zero attached hydrogens (tertiary/aromatic N) is 4. The lowest BCUT2D eigenvalue weighted by Gasteiger charge is -2.55. The first-order valence-corrected chi connectivity index (χ1v) is 15.7. The number of hydrazine groups is 1. The number of carbonyl (C=O) groups is 3. The van der Waals surface area contributed by atoms with Crippen molar-refractivity contribution in [3.63, 3.8) is 0 Å². The first-order chi connectivity index (χ1) is 22.8. The first-order valence-electron chi connectivity index (χ1n) is 15.7. The molecule has 47 heavy (non-hydrogen) atoms. The largest absolute Gasteiger partial charge is 0.508 e. The van der Waals surface area contributed by atoms with E-state index in [1.165, 1.54) is 0 Å². The van der Waals surface area contributed by atoms with Gasteiger partial charge in [-0.3, -0.25) is 14.4 Å². The third-order valence-electron chi connectivity index (χ3n) is 8.83. The van der Waals surface area contributed by atoms with E-state index in [1.807, 2.05) is 54.6 Å².